The Bertz CT molecular complexity index is 540. The summed E-state index contributed by atoms with van der Waals surface area (Å²) in [5, 5.41) is 7.16. The van der Waals surface area contributed by atoms with Gasteiger partial charge in [-0.1, -0.05) is 26.8 Å². The lowest BCUT2D eigenvalue weighted by molar-refractivity contribution is 0.265. The van der Waals surface area contributed by atoms with Crippen LogP contribution < -0.4 is 10.6 Å². The molecule has 1 fully saturated rings. The van der Waals surface area contributed by atoms with Gasteiger partial charge in [0.2, 0.25) is 0 Å². The number of aliphatic imine (C=N–C) groups is 1. The standard InChI is InChI=1S/C20H35N5/c1-14(2)18(17-8-7-9-22-10-17)11-23-20(21-6)24-19-13-25(15(3)4)12-16(19)5/h7-10,14-16,18-19H,11-13H2,1-6H3,(H2,21,23,24). The maximum Gasteiger partial charge on any atom is 0.191 e. The average molecular weight is 346 g/mol. The van der Waals surface area contributed by atoms with Gasteiger partial charge in [-0.05, 0) is 37.3 Å². The topological polar surface area (TPSA) is 52.6 Å². The summed E-state index contributed by atoms with van der Waals surface area (Å²) in [5.74, 6) is 2.48. The number of aromatic nitrogens is 1. The van der Waals surface area contributed by atoms with Crippen LogP contribution in [0.25, 0.3) is 0 Å². The lowest BCUT2D eigenvalue weighted by atomic mass is 9.89. The van der Waals surface area contributed by atoms with Gasteiger partial charge in [-0.25, -0.2) is 0 Å². The number of likely N-dealkylation sites (tertiary alicyclic amines) is 1. The van der Waals surface area contributed by atoms with E-state index in [1.807, 2.05) is 25.5 Å². The summed E-state index contributed by atoms with van der Waals surface area (Å²) < 4.78 is 0. The van der Waals surface area contributed by atoms with E-state index in [-0.39, 0.29) is 0 Å². The molecule has 2 heterocycles. The Balaban J connectivity index is 1.93. The van der Waals surface area contributed by atoms with Crippen molar-refractivity contribution in [2.45, 2.75) is 52.6 Å². The van der Waals surface area contributed by atoms with Crippen LogP contribution in [0.5, 0.6) is 0 Å². The van der Waals surface area contributed by atoms with Crippen LogP contribution in [-0.2, 0) is 0 Å². The second-order valence-corrected chi connectivity index (χ2v) is 7.87. The van der Waals surface area contributed by atoms with Gasteiger partial charge in [-0.2, -0.15) is 0 Å². The summed E-state index contributed by atoms with van der Waals surface area (Å²) in [6.45, 7) is 14.5. The van der Waals surface area contributed by atoms with Gasteiger partial charge in [0.05, 0.1) is 0 Å². The minimum atomic E-state index is 0.417. The molecule has 0 amide bonds. The molecule has 3 unspecified atom stereocenters. The molecule has 0 radical (unpaired) electrons. The van der Waals surface area contributed by atoms with Crippen molar-refractivity contribution in [2.24, 2.45) is 16.8 Å². The SMILES string of the molecule is CN=C(NCC(c1cccnc1)C(C)C)NC1CN(C(C)C)CC1C. The highest BCUT2D eigenvalue weighted by Gasteiger charge is 2.31. The Morgan fingerprint density at radius 1 is 1.32 bits per heavy atom. The van der Waals surface area contributed by atoms with Crippen molar-refractivity contribution < 1.29 is 0 Å². The van der Waals surface area contributed by atoms with Crippen molar-refractivity contribution >= 4 is 5.96 Å². The van der Waals surface area contributed by atoms with Crippen LogP contribution in [0.15, 0.2) is 29.5 Å². The lowest BCUT2D eigenvalue weighted by Gasteiger charge is -2.25. The molecule has 1 saturated heterocycles. The van der Waals surface area contributed by atoms with Gasteiger partial charge in [0.1, 0.15) is 0 Å². The van der Waals surface area contributed by atoms with Gasteiger partial charge in [-0.15, -0.1) is 0 Å². The van der Waals surface area contributed by atoms with Crippen LogP contribution in [0.1, 0.15) is 46.1 Å². The first-order valence-corrected chi connectivity index (χ1v) is 9.53. The second kappa shape index (κ2) is 9.18. The molecular weight excluding hydrogens is 310 g/mol. The molecule has 2 N–H and O–H groups in total. The van der Waals surface area contributed by atoms with Crippen LogP contribution in [0.2, 0.25) is 0 Å². The van der Waals surface area contributed by atoms with Crippen molar-refractivity contribution in [3.05, 3.63) is 30.1 Å². The number of rotatable bonds is 6. The summed E-state index contributed by atoms with van der Waals surface area (Å²) in [4.78, 5) is 11.2. The summed E-state index contributed by atoms with van der Waals surface area (Å²) in [7, 11) is 1.85. The molecule has 0 bridgehead atoms. The highest BCUT2D eigenvalue weighted by Crippen LogP contribution is 2.23. The van der Waals surface area contributed by atoms with Crippen LogP contribution in [-0.4, -0.2) is 54.6 Å². The van der Waals surface area contributed by atoms with Crippen LogP contribution in [0.4, 0.5) is 0 Å². The van der Waals surface area contributed by atoms with Gasteiger partial charge in [-0.3, -0.25) is 14.9 Å². The maximum absolute atomic E-state index is 4.44. The molecular formula is C20H35N5. The van der Waals surface area contributed by atoms with Gasteiger partial charge in [0.15, 0.2) is 5.96 Å². The Kier molecular flexibility index (Phi) is 7.24. The number of nitrogens with zero attached hydrogens (tertiary/aromatic N) is 3. The molecule has 1 aliphatic heterocycles. The Labute approximate surface area is 153 Å². The Morgan fingerprint density at radius 3 is 2.60 bits per heavy atom. The van der Waals surface area contributed by atoms with Gasteiger partial charge in [0.25, 0.3) is 0 Å². The predicted molar refractivity (Wildman–Crippen MR) is 106 cm³/mol. The molecule has 5 nitrogen and oxygen atoms in total. The molecule has 5 heteroatoms. The van der Waals surface area contributed by atoms with Crippen molar-refractivity contribution in [2.75, 3.05) is 26.7 Å². The maximum atomic E-state index is 4.44. The molecule has 1 aromatic heterocycles. The summed E-state index contributed by atoms with van der Waals surface area (Å²) in [5.41, 5.74) is 1.28. The van der Waals surface area contributed by atoms with Crippen molar-refractivity contribution in [3.63, 3.8) is 0 Å². The largest absolute Gasteiger partial charge is 0.356 e. The minimum Gasteiger partial charge on any atom is -0.356 e. The molecule has 25 heavy (non-hydrogen) atoms. The van der Waals surface area contributed by atoms with E-state index < -0.39 is 0 Å². The summed E-state index contributed by atoms with van der Waals surface area (Å²) in [6, 6.07) is 5.22. The minimum absolute atomic E-state index is 0.417. The predicted octanol–water partition coefficient (Wildman–Crippen LogP) is 2.71. The molecule has 1 aliphatic rings. The molecule has 3 atom stereocenters. The third-order valence-corrected chi connectivity index (χ3v) is 5.32. The zero-order valence-electron chi connectivity index (χ0n) is 16.7. The molecule has 0 aliphatic carbocycles. The van der Waals surface area contributed by atoms with Crippen molar-refractivity contribution in [1.82, 2.24) is 20.5 Å². The highest BCUT2D eigenvalue weighted by molar-refractivity contribution is 5.80. The lowest BCUT2D eigenvalue weighted by Crippen LogP contribution is -2.47. The summed E-state index contributed by atoms with van der Waals surface area (Å²) >= 11 is 0. The zero-order chi connectivity index (χ0) is 18.4. The molecule has 1 aromatic rings. The first kappa shape index (κ1) is 19.7. The van der Waals surface area contributed by atoms with E-state index in [2.05, 4.69) is 66.2 Å². The van der Waals surface area contributed by atoms with Gasteiger partial charge in [0, 0.05) is 57.1 Å². The number of hydrogen-bond acceptors (Lipinski definition) is 3. The van der Waals surface area contributed by atoms with E-state index in [1.165, 1.54) is 5.56 Å². The van der Waals surface area contributed by atoms with Crippen LogP contribution in [0.3, 0.4) is 0 Å². The normalized spacial score (nSPS) is 23.3. The van der Waals surface area contributed by atoms with Crippen LogP contribution >= 0.6 is 0 Å². The smallest absolute Gasteiger partial charge is 0.191 e. The third kappa shape index (κ3) is 5.43. The van der Waals surface area contributed by atoms with E-state index in [1.54, 1.807) is 0 Å². The van der Waals surface area contributed by atoms with Gasteiger partial charge < -0.3 is 10.6 Å². The van der Waals surface area contributed by atoms with E-state index in [9.17, 15) is 0 Å². The van der Waals surface area contributed by atoms with E-state index >= 15 is 0 Å². The Morgan fingerprint density at radius 2 is 2.08 bits per heavy atom. The van der Waals surface area contributed by atoms with E-state index in [0.717, 1.165) is 25.6 Å². The first-order chi connectivity index (χ1) is 11.9. The third-order valence-electron chi connectivity index (χ3n) is 5.32. The van der Waals surface area contributed by atoms with Crippen molar-refractivity contribution in [3.8, 4) is 0 Å². The average Bonchev–Trinajstić information content (AvgIpc) is 2.95. The number of pyridine rings is 1. The Hall–Kier alpha value is -1.62. The number of nitrogens with one attached hydrogen (secondary N) is 2. The monoisotopic (exact) mass is 345 g/mol. The van der Waals surface area contributed by atoms with E-state index in [0.29, 0.717) is 29.8 Å². The molecule has 0 saturated carbocycles. The zero-order valence-corrected chi connectivity index (χ0v) is 16.7. The fraction of sp³-hybridized carbons (Fsp3) is 0.700. The first-order valence-electron chi connectivity index (χ1n) is 9.53. The number of guanidine groups is 1. The van der Waals surface area contributed by atoms with Crippen molar-refractivity contribution in [1.29, 1.82) is 0 Å². The molecule has 140 valence electrons. The molecule has 0 spiro atoms. The fourth-order valence-corrected chi connectivity index (χ4v) is 3.52. The van der Waals surface area contributed by atoms with Crippen LogP contribution in [0, 0.1) is 11.8 Å². The molecule has 2 rings (SSSR count). The number of hydrogen-bond donors (Lipinski definition) is 2. The molecule has 0 aromatic carbocycles. The second-order valence-electron chi connectivity index (χ2n) is 7.87. The van der Waals surface area contributed by atoms with Gasteiger partial charge >= 0.3 is 0 Å². The highest BCUT2D eigenvalue weighted by atomic mass is 15.3. The quantitative estimate of drug-likeness (QED) is 0.615. The fourth-order valence-electron chi connectivity index (χ4n) is 3.52. The summed E-state index contributed by atoms with van der Waals surface area (Å²) in [6.07, 6.45) is 3.80. The van der Waals surface area contributed by atoms with E-state index in [4.69, 9.17) is 0 Å².